The van der Waals surface area contributed by atoms with Crippen molar-refractivity contribution in [2.24, 2.45) is 11.7 Å². The smallest absolute Gasteiger partial charge is 0.115 e. The number of hydrogen-bond donors (Lipinski definition) is 5. The molecule has 1 aromatic carbocycles. The highest BCUT2D eigenvalue weighted by Gasteiger charge is 2.08. The third-order valence-corrected chi connectivity index (χ3v) is 5.04. The number of nitrogens with two attached hydrogens (primary N) is 2. The number of hydrazine groups is 2. The van der Waals surface area contributed by atoms with E-state index < -0.39 is 0 Å². The number of unbranched alkanes of at least 4 members (excludes halogenated alkanes) is 7. The molecule has 1 rings (SSSR count). The van der Waals surface area contributed by atoms with E-state index in [9.17, 15) is 5.11 Å². The molecule has 0 aromatic heterocycles. The van der Waals surface area contributed by atoms with Crippen LogP contribution in [0.3, 0.4) is 0 Å². The van der Waals surface area contributed by atoms with Gasteiger partial charge in [0.15, 0.2) is 0 Å². The third-order valence-electron chi connectivity index (χ3n) is 3.84. The van der Waals surface area contributed by atoms with E-state index >= 15 is 0 Å². The van der Waals surface area contributed by atoms with Crippen LogP contribution >= 0.6 is 11.8 Å². The van der Waals surface area contributed by atoms with E-state index in [-0.39, 0.29) is 5.37 Å². The summed E-state index contributed by atoms with van der Waals surface area (Å²) < 4.78 is 0. The maximum absolute atomic E-state index is 9.29. The van der Waals surface area contributed by atoms with Gasteiger partial charge in [0.05, 0.1) is 5.37 Å². The van der Waals surface area contributed by atoms with Crippen molar-refractivity contribution in [2.45, 2.75) is 68.1 Å². The minimum atomic E-state index is 0.225. The van der Waals surface area contributed by atoms with Gasteiger partial charge in [-0.05, 0) is 37.1 Å². The normalized spacial score (nSPS) is 12.4. The quantitative estimate of drug-likeness (QED) is 0.117. The van der Waals surface area contributed by atoms with Crippen molar-refractivity contribution in [2.75, 3.05) is 6.54 Å². The lowest BCUT2D eigenvalue weighted by Crippen LogP contribution is -2.32. The van der Waals surface area contributed by atoms with Crippen LogP contribution in [-0.4, -0.2) is 17.0 Å². The predicted octanol–water partition coefficient (Wildman–Crippen LogP) is 3.25. The van der Waals surface area contributed by atoms with Crippen LogP contribution in [0, 0.1) is 0 Å². The topological polar surface area (TPSA) is 96.3 Å². The lowest BCUT2D eigenvalue weighted by Gasteiger charge is -2.15. The first-order chi connectivity index (χ1) is 11.3. The Morgan fingerprint density at radius 2 is 1.43 bits per heavy atom. The number of nitrogens with one attached hydrogen (secondary N) is 2. The van der Waals surface area contributed by atoms with Crippen molar-refractivity contribution >= 4 is 11.8 Å². The van der Waals surface area contributed by atoms with Gasteiger partial charge in [0.1, 0.15) is 5.75 Å². The summed E-state index contributed by atoms with van der Waals surface area (Å²) in [7, 11) is 0. The van der Waals surface area contributed by atoms with Crippen molar-refractivity contribution in [3.05, 3.63) is 24.3 Å². The molecule has 0 saturated heterocycles. The average Bonchev–Trinajstić information content (AvgIpc) is 2.57. The minimum absolute atomic E-state index is 0.225. The SMILES string of the molecule is NNCCCCCCCCCCC(NN)Sc1ccc(O)cc1. The van der Waals surface area contributed by atoms with Gasteiger partial charge in [-0.15, -0.1) is 11.8 Å². The Labute approximate surface area is 144 Å². The van der Waals surface area contributed by atoms with Crippen molar-refractivity contribution in [1.82, 2.24) is 10.9 Å². The molecule has 0 radical (unpaired) electrons. The van der Waals surface area contributed by atoms with E-state index in [1.807, 2.05) is 12.1 Å². The van der Waals surface area contributed by atoms with Gasteiger partial charge < -0.3 is 5.11 Å². The van der Waals surface area contributed by atoms with Gasteiger partial charge in [-0.3, -0.25) is 17.1 Å². The second-order valence-electron chi connectivity index (χ2n) is 5.84. The molecule has 0 aliphatic heterocycles. The number of aromatic hydroxyl groups is 1. The number of thioether (sulfide) groups is 1. The van der Waals surface area contributed by atoms with Gasteiger partial charge in [-0.25, -0.2) is 5.43 Å². The fraction of sp³-hybridized carbons (Fsp3) is 0.647. The summed E-state index contributed by atoms with van der Waals surface area (Å²) in [6, 6.07) is 7.26. The Kier molecular flexibility index (Phi) is 12.0. The molecule has 0 spiro atoms. The van der Waals surface area contributed by atoms with Gasteiger partial charge in [0.2, 0.25) is 0 Å². The van der Waals surface area contributed by atoms with E-state index in [1.54, 1.807) is 23.9 Å². The zero-order valence-corrected chi connectivity index (χ0v) is 14.8. The number of phenolic OH excluding ortho intramolecular Hbond substituents is 1. The molecule has 1 aromatic rings. The summed E-state index contributed by atoms with van der Waals surface area (Å²) in [5, 5.41) is 9.52. The zero-order valence-electron chi connectivity index (χ0n) is 14.0. The first-order valence-corrected chi connectivity index (χ1v) is 9.49. The van der Waals surface area contributed by atoms with Gasteiger partial charge in [-0.2, -0.15) is 0 Å². The van der Waals surface area contributed by atoms with Crippen LogP contribution in [-0.2, 0) is 0 Å². The standard InChI is InChI=1S/C17H32N4OS/c18-20-14-8-6-4-2-1-3-5-7-9-17(21-19)23-16-12-10-15(22)11-13-16/h10-13,17,20-22H,1-9,14,18-19H2. The first kappa shape index (κ1) is 20.3. The number of hydrogen-bond acceptors (Lipinski definition) is 6. The van der Waals surface area contributed by atoms with Crippen LogP contribution < -0.4 is 22.5 Å². The second kappa shape index (κ2) is 13.6. The summed E-state index contributed by atoms with van der Waals surface area (Å²) in [6.45, 7) is 0.923. The van der Waals surface area contributed by atoms with Crippen molar-refractivity contribution < 1.29 is 5.11 Å². The molecule has 1 atom stereocenters. The number of benzene rings is 1. The zero-order chi connectivity index (χ0) is 16.8. The van der Waals surface area contributed by atoms with Crippen LogP contribution in [0.15, 0.2) is 29.2 Å². The molecule has 23 heavy (non-hydrogen) atoms. The Balaban J connectivity index is 2.01. The molecule has 0 heterocycles. The molecule has 0 bridgehead atoms. The molecule has 0 aliphatic rings. The lowest BCUT2D eigenvalue weighted by molar-refractivity contribution is 0.475. The maximum Gasteiger partial charge on any atom is 0.115 e. The largest absolute Gasteiger partial charge is 0.508 e. The lowest BCUT2D eigenvalue weighted by atomic mass is 10.1. The molecule has 0 amide bonds. The maximum atomic E-state index is 9.29. The molecule has 5 nitrogen and oxygen atoms in total. The summed E-state index contributed by atoms with van der Waals surface area (Å²) in [5.74, 6) is 11.2. The summed E-state index contributed by atoms with van der Waals surface area (Å²) in [5.41, 5.74) is 5.57. The third kappa shape index (κ3) is 10.6. The van der Waals surface area contributed by atoms with Gasteiger partial charge >= 0.3 is 0 Å². The van der Waals surface area contributed by atoms with Gasteiger partial charge in [0, 0.05) is 11.4 Å². The predicted molar refractivity (Wildman–Crippen MR) is 98.8 cm³/mol. The van der Waals surface area contributed by atoms with Crippen LogP contribution in [0.5, 0.6) is 5.75 Å². The molecule has 0 aliphatic carbocycles. The molecular weight excluding hydrogens is 308 g/mol. The van der Waals surface area contributed by atoms with Gasteiger partial charge in [0.25, 0.3) is 0 Å². The highest BCUT2D eigenvalue weighted by atomic mass is 32.2. The summed E-state index contributed by atoms with van der Waals surface area (Å²) in [4.78, 5) is 1.12. The van der Waals surface area contributed by atoms with Gasteiger partial charge in [-0.1, -0.05) is 44.9 Å². The second-order valence-corrected chi connectivity index (χ2v) is 7.11. The van der Waals surface area contributed by atoms with E-state index in [0.717, 1.165) is 17.9 Å². The van der Waals surface area contributed by atoms with Crippen LogP contribution in [0.1, 0.15) is 57.8 Å². The highest BCUT2D eigenvalue weighted by Crippen LogP contribution is 2.26. The van der Waals surface area contributed by atoms with Crippen LogP contribution in [0.2, 0.25) is 0 Å². The number of phenols is 1. The number of rotatable bonds is 14. The first-order valence-electron chi connectivity index (χ1n) is 8.61. The van der Waals surface area contributed by atoms with E-state index in [4.69, 9.17) is 11.7 Å². The Hall–Kier alpha value is -0.790. The highest BCUT2D eigenvalue weighted by molar-refractivity contribution is 7.99. The van der Waals surface area contributed by atoms with Crippen molar-refractivity contribution in [1.29, 1.82) is 0 Å². The summed E-state index contributed by atoms with van der Waals surface area (Å²) in [6.07, 6.45) is 11.2. The molecule has 0 fully saturated rings. The fourth-order valence-electron chi connectivity index (χ4n) is 2.48. The van der Waals surface area contributed by atoms with E-state index in [0.29, 0.717) is 5.75 Å². The van der Waals surface area contributed by atoms with E-state index in [1.165, 1.54) is 51.4 Å². The molecule has 132 valence electrons. The fourth-order valence-corrected chi connectivity index (χ4v) is 3.46. The molecular formula is C17H32N4OS. The van der Waals surface area contributed by atoms with Crippen LogP contribution in [0.4, 0.5) is 0 Å². The molecule has 7 N–H and O–H groups in total. The monoisotopic (exact) mass is 340 g/mol. The Bertz CT molecular complexity index is 389. The minimum Gasteiger partial charge on any atom is -0.508 e. The van der Waals surface area contributed by atoms with Crippen molar-refractivity contribution in [3.63, 3.8) is 0 Å². The Morgan fingerprint density at radius 1 is 0.870 bits per heavy atom. The van der Waals surface area contributed by atoms with Crippen LogP contribution in [0.25, 0.3) is 0 Å². The molecule has 6 heteroatoms. The van der Waals surface area contributed by atoms with E-state index in [2.05, 4.69) is 10.9 Å². The van der Waals surface area contributed by atoms with Crippen molar-refractivity contribution in [3.8, 4) is 5.75 Å². The Morgan fingerprint density at radius 3 is 2.00 bits per heavy atom. The average molecular weight is 341 g/mol. The summed E-state index contributed by atoms with van der Waals surface area (Å²) >= 11 is 1.71. The molecule has 0 saturated carbocycles. The molecule has 1 unspecified atom stereocenters.